The topological polar surface area (TPSA) is 0 Å². The van der Waals surface area contributed by atoms with Crippen LogP contribution in [0, 0.1) is 0 Å². The van der Waals surface area contributed by atoms with Crippen LogP contribution in [0.2, 0.25) is 0 Å². The van der Waals surface area contributed by atoms with E-state index in [9.17, 15) is 0 Å². The molecule has 0 amide bonds. The van der Waals surface area contributed by atoms with Crippen molar-refractivity contribution >= 4 is 35.0 Å². The zero-order valence-corrected chi connectivity index (χ0v) is 10.9. The number of halogens is 2. The van der Waals surface area contributed by atoms with E-state index in [1.807, 2.05) is 0 Å². The summed E-state index contributed by atoms with van der Waals surface area (Å²) in [4.78, 5) is 2.43. The van der Waals surface area contributed by atoms with E-state index in [4.69, 9.17) is 23.2 Å². The molecule has 0 N–H and O–H groups in total. The molecular formula is C10H16Cl2NS+. The molecule has 0 aromatic heterocycles. The average molecular weight is 253 g/mol. The van der Waals surface area contributed by atoms with Crippen LogP contribution < -0.4 is 0 Å². The van der Waals surface area contributed by atoms with E-state index in [1.165, 1.54) is 9.81 Å². The van der Waals surface area contributed by atoms with Gasteiger partial charge in [0.25, 0.3) is 0 Å². The molecule has 1 rings (SSSR count). The van der Waals surface area contributed by atoms with Crippen LogP contribution in [0.15, 0.2) is 20.9 Å². The van der Waals surface area contributed by atoms with Crippen molar-refractivity contribution in [3.05, 3.63) is 20.9 Å². The first kappa shape index (κ1) is 12.4. The van der Waals surface area contributed by atoms with Gasteiger partial charge in [0.05, 0.1) is 22.9 Å². The smallest absolute Gasteiger partial charge is 0.112 e. The number of hydrogen-bond donors (Lipinski definition) is 0. The van der Waals surface area contributed by atoms with Crippen molar-refractivity contribution in [3.8, 4) is 0 Å². The maximum atomic E-state index is 5.78. The predicted molar refractivity (Wildman–Crippen MR) is 66.5 cm³/mol. The summed E-state index contributed by atoms with van der Waals surface area (Å²) in [6, 6.07) is 0. The number of thioether (sulfide) groups is 1. The largest absolute Gasteiger partial charge is 0.316 e. The van der Waals surface area contributed by atoms with Crippen molar-refractivity contribution in [3.63, 3.8) is 0 Å². The fourth-order valence-electron chi connectivity index (χ4n) is 1.73. The Bertz CT molecular complexity index is 235. The normalized spacial score (nSPS) is 27.1. The van der Waals surface area contributed by atoms with Crippen molar-refractivity contribution in [2.24, 2.45) is 0 Å². The number of nitrogens with zero attached hydrogens (tertiary/aromatic N) is 1. The van der Waals surface area contributed by atoms with Gasteiger partial charge in [-0.3, -0.25) is 0 Å². The van der Waals surface area contributed by atoms with Gasteiger partial charge in [-0.1, -0.05) is 35.0 Å². The fraction of sp³-hybridized carbons (Fsp3) is 0.600. The molecule has 80 valence electrons. The maximum Gasteiger partial charge on any atom is 0.112 e. The van der Waals surface area contributed by atoms with E-state index in [0.29, 0.717) is 0 Å². The molecule has 0 atom stereocenters. The van der Waals surface area contributed by atoms with Gasteiger partial charge in [-0.25, -0.2) is 0 Å². The van der Waals surface area contributed by atoms with Crippen molar-refractivity contribution in [1.82, 2.24) is 0 Å². The van der Waals surface area contributed by atoms with Crippen LogP contribution in [0.5, 0.6) is 0 Å². The Hall–Kier alpha value is 0.370. The summed E-state index contributed by atoms with van der Waals surface area (Å²) in [5.74, 6) is 0. The molecule has 1 nitrogen and oxygen atoms in total. The van der Waals surface area contributed by atoms with Gasteiger partial charge in [-0.15, -0.1) is 0 Å². The molecular weight excluding hydrogens is 237 g/mol. The van der Waals surface area contributed by atoms with E-state index >= 15 is 0 Å². The lowest BCUT2D eigenvalue weighted by Crippen LogP contribution is -2.51. The Morgan fingerprint density at radius 1 is 1.14 bits per heavy atom. The van der Waals surface area contributed by atoms with Crippen LogP contribution in [0.4, 0.5) is 0 Å². The molecule has 14 heavy (non-hydrogen) atoms. The number of rotatable bonds is 2. The highest BCUT2D eigenvalue weighted by atomic mass is 35.5. The van der Waals surface area contributed by atoms with E-state index in [0.717, 1.165) is 30.7 Å². The van der Waals surface area contributed by atoms with Gasteiger partial charge in [0, 0.05) is 11.1 Å². The molecule has 1 fully saturated rings. The lowest BCUT2D eigenvalue weighted by Gasteiger charge is -2.41. The predicted octanol–water partition coefficient (Wildman–Crippen LogP) is 3.75. The lowest BCUT2D eigenvalue weighted by atomic mass is 10.3. The van der Waals surface area contributed by atoms with Gasteiger partial charge in [0.1, 0.15) is 13.1 Å². The van der Waals surface area contributed by atoms with Crippen molar-refractivity contribution < 1.29 is 4.48 Å². The molecule has 1 aliphatic heterocycles. The van der Waals surface area contributed by atoms with E-state index < -0.39 is 0 Å². The van der Waals surface area contributed by atoms with E-state index in [1.54, 1.807) is 22.8 Å². The Morgan fingerprint density at radius 2 is 1.57 bits per heavy atom. The molecule has 0 aromatic carbocycles. The number of hydrogen-bond acceptors (Lipinski definition) is 1. The van der Waals surface area contributed by atoms with Crippen LogP contribution in [0.25, 0.3) is 0 Å². The van der Waals surface area contributed by atoms with Gasteiger partial charge < -0.3 is 4.48 Å². The quantitative estimate of drug-likeness (QED) is 0.675. The standard InChI is InChI=1S/C10H16Cl2NS/c1-3-13(4-2)7-9(5-11)14-10(6-12)8-13/h5-6H,3-4,7-8H2,1-2H3/q+1/b9-5+,10-6+. The molecule has 0 spiro atoms. The van der Waals surface area contributed by atoms with Gasteiger partial charge in [0.15, 0.2) is 0 Å². The summed E-state index contributed by atoms with van der Waals surface area (Å²) >= 11 is 13.3. The summed E-state index contributed by atoms with van der Waals surface area (Å²) in [5, 5.41) is 0. The van der Waals surface area contributed by atoms with Gasteiger partial charge in [-0.05, 0) is 13.8 Å². The summed E-state index contributed by atoms with van der Waals surface area (Å²) in [6.07, 6.45) is 0. The van der Waals surface area contributed by atoms with Crippen molar-refractivity contribution in [2.75, 3.05) is 26.2 Å². The monoisotopic (exact) mass is 252 g/mol. The Morgan fingerprint density at radius 3 is 1.86 bits per heavy atom. The fourth-order valence-corrected chi connectivity index (χ4v) is 3.24. The van der Waals surface area contributed by atoms with Gasteiger partial charge in [0.2, 0.25) is 0 Å². The molecule has 1 heterocycles. The van der Waals surface area contributed by atoms with E-state index in [-0.39, 0.29) is 0 Å². The Kier molecular flexibility index (Phi) is 4.84. The highest BCUT2D eigenvalue weighted by molar-refractivity contribution is 8.06. The van der Waals surface area contributed by atoms with Crippen LogP contribution in [0.3, 0.4) is 0 Å². The van der Waals surface area contributed by atoms with Crippen LogP contribution >= 0.6 is 35.0 Å². The zero-order valence-electron chi connectivity index (χ0n) is 8.59. The molecule has 1 saturated heterocycles. The first-order valence-corrected chi connectivity index (χ1v) is 6.50. The maximum absolute atomic E-state index is 5.78. The zero-order chi connectivity index (χ0) is 10.6. The summed E-state index contributed by atoms with van der Waals surface area (Å²) in [5.41, 5.74) is 3.37. The van der Waals surface area contributed by atoms with Crippen LogP contribution in [-0.2, 0) is 0 Å². The number of likely N-dealkylation sites (N-methyl/N-ethyl adjacent to an activating group) is 1. The van der Waals surface area contributed by atoms with Crippen molar-refractivity contribution in [1.29, 1.82) is 0 Å². The third kappa shape index (κ3) is 2.69. The second kappa shape index (κ2) is 5.45. The third-order valence-electron chi connectivity index (χ3n) is 2.83. The average Bonchev–Trinajstić information content (AvgIpc) is 2.28. The van der Waals surface area contributed by atoms with Crippen LogP contribution in [-0.4, -0.2) is 30.7 Å². The van der Waals surface area contributed by atoms with E-state index in [2.05, 4.69) is 13.8 Å². The summed E-state index contributed by atoms with van der Waals surface area (Å²) < 4.78 is 1.06. The van der Waals surface area contributed by atoms with Crippen molar-refractivity contribution in [2.45, 2.75) is 13.8 Å². The minimum atomic E-state index is 1.04. The first-order valence-electron chi connectivity index (χ1n) is 4.81. The minimum Gasteiger partial charge on any atom is -0.316 e. The number of quaternary nitrogens is 1. The lowest BCUT2D eigenvalue weighted by molar-refractivity contribution is -0.915. The first-order chi connectivity index (χ1) is 6.69. The molecule has 1 aliphatic rings. The highest BCUT2D eigenvalue weighted by Crippen LogP contribution is 2.36. The second-order valence-corrected chi connectivity index (χ2v) is 5.23. The molecule has 0 unspecified atom stereocenters. The second-order valence-electron chi connectivity index (χ2n) is 3.54. The third-order valence-corrected chi connectivity index (χ3v) is 4.63. The SMILES string of the molecule is CC[N+]1(CC)C/C(=C\Cl)S/C(=C/Cl)C1. The Balaban J connectivity index is 2.89. The van der Waals surface area contributed by atoms with Gasteiger partial charge in [-0.2, -0.15) is 0 Å². The highest BCUT2D eigenvalue weighted by Gasteiger charge is 2.31. The molecule has 0 radical (unpaired) electrons. The van der Waals surface area contributed by atoms with Gasteiger partial charge >= 0.3 is 0 Å². The summed E-state index contributed by atoms with van der Waals surface area (Å²) in [7, 11) is 0. The summed E-state index contributed by atoms with van der Waals surface area (Å²) in [6.45, 7) is 8.76. The minimum absolute atomic E-state index is 1.04. The Labute approximate surface area is 100 Å². The molecule has 0 bridgehead atoms. The van der Waals surface area contributed by atoms with Crippen LogP contribution in [0.1, 0.15) is 13.8 Å². The molecule has 0 aliphatic carbocycles. The molecule has 0 aromatic rings. The molecule has 4 heteroatoms. The molecule has 0 saturated carbocycles.